The van der Waals surface area contributed by atoms with Crippen LogP contribution in [-0.2, 0) is 14.2 Å². The molecule has 2 aliphatic rings. The van der Waals surface area contributed by atoms with Gasteiger partial charge in [0.1, 0.15) is 22.7 Å². The number of carbonyl (C=O) groups is 1. The van der Waals surface area contributed by atoms with E-state index in [1.54, 1.807) is 18.3 Å². The van der Waals surface area contributed by atoms with Crippen LogP contribution in [0.25, 0.3) is 16.6 Å². The largest absolute Gasteiger partial charge is 0.492 e. The number of nitrogens with one attached hydrogen (secondary N) is 1. The van der Waals surface area contributed by atoms with Crippen molar-refractivity contribution in [3.05, 3.63) is 40.1 Å². The van der Waals surface area contributed by atoms with Gasteiger partial charge < -0.3 is 23.9 Å². The maximum atomic E-state index is 12.7. The Kier molecular flexibility index (Phi) is 5.37. The number of fused-ring (bicyclic) bond motifs is 3. The van der Waals surface area contributed by atoms with Crippen molar-refractivity contribution in [3.63, 3.8) is 0 Å². The Morgan fingerprint density at radius 1 is 1.19 bits per heavy atom. The van der Waals surface area contributed by atoms with Crippen molar-refractivity contribution in [2.45, 2.75) is 25.2 Å². The lowest BCUT2D eigenvalue weighted by molar-refractivity contribution is 0.0595. The van der Waals surface area contributed by atoms with E-state index in [4.69, 9.17) is 18.9 Å². The Morgan fingerprint density at radius 3 is 2.74 bits per heavy atom. The van der Waals surface area contributed by atoms with Crippen molar-refractivity contribution < 1.29 is 23.7 Å². The minimum atomic E-state index is -0.518. The molecule has 0 bridgehead atoms. The van der Waals surface area contributed by atoms with E-state index < -0.39 is 5.97 Å². The molecule has 0 saturated carbocycles. The van der Waals surface area contributed by atoms with Gasteiger partial charge in [-0.2, -0.15) is 0 Å². The van der Waals surface area contributed by atoms with E-state index in [1.807, 2.05) is 4.40 Å². The predicted molar refractivity (Wildman–Crippen MR) is 112 cm³/mol. The number of esters is 1. The first-order chi connectivity index (χ1) is 15.2. The van der Waals surface area contributed by atoms with Crippen LogP contribution in [0, 0.1) is 5.92 Å². The van der Waals surface area contributed by atoms with Gasteiger partial charge in [-0.3, -0.25) is 9.20 Å². The van der Waals surface area contributed by atoms with Crippen LogP contribution < -0.4 is 10.3 Å². The monoisotopic (exact) mass is 427 g/mol. The van der Waals surface area contributed by atoms with Gasteiger partial charge in [-0.1, -0.05) is 0 Å². The van der Waals surface area contributed by atoms with Crippen molar-refractivity contribution in [1.82, 2.24) is 14.4 Å². The van der Waals surface area contributed by atoms with Crippen LogP contribution in [0.1, 0.15) is 41.4 Å². The number of nitrogens with zero attached hydrogens (tertiary/aromatic N) is 2. The minimum absolute atomic E-state index is 0.196. The highest BCUT2D eigenvalue weighted by atomic mass is 16.5. The second-order valence-corrected chi connectivity index (χ2v) is 8.08. The molecule has 9 heteroatoms. The van der Waals surface area contributed by atoms with Crippen molar-refractivity contribution >= 4 is 22.5 Å². The molecular weight excluding hydrogens is 402 g/mol. The molecule has 0 spiro atoms. The molecule has 1 unspecified atom stereocenters. The third-order valence-corrected chi connectivity index (χ3v) is 6.10. The average molecular weight is 427 g/mol. The Bertz CT molecular complexity index is 1170. The number of ether oxygens (including phenoxy) is 4. The molecule has 1 N–H and O–H groups in total. The second kappa shape index (κ2) is 8.32. The fraction of sp³-hybridized carbons (Fsp3) is 0.500. The molecule has 0 amide bonds. The zero-order chi connectivity index (χ0) is 21.4. The number of hydrogen-bond donors (Lipinski definition) is 1. The van der Waals surface area contributed by atoms with Crippen molar-refractivity contribution in [2.24, 2.45) is 5.92 Å². The number of aromatic nitrogens is 3. The number of hydrogen-bond acceptors (Lipinski definition) is 7. The van der Waals surface area contributed by atoms with E-state index in [1.165, 1.54) is 7.11 Å². The van der Waals surface area contributed by atoms with Crippen molar-refractivity contribution in [2.75, 3.05) is 40.1 Å². The van der Waals surface area contributed by atoms with Gasteiger partial charge >= 0.3 is 5.97 Å². The van der Waals surface area contributed by atoms with Gasteiger partial charge in [0, 0.05) is 37.7 Å². The second-order valence-electron chi connectivity index (χ2n) is 8.08. The molecule has 1 atom stereocenters. The topological polar surface area (TPSA) is 104 Å². The van der Waals surface area contributed by atoms with Gasteiger partial charge in [-0.25, -0.2) is 9.78 Å². The van der Waals surface area contributed by atoms with Crippen molar-refractivity contribution in [1.29, 1.82) is 0 Å². The molecule has 9 nitrogen and oxygen atoms in total. The molecule has 2 fully saturated rings. The third-order valence-electron chi connectivity index (χ3n) is 6.10. The summed E-state index contributed by atoms with van der Waals surface area (Å²) < 4.78 is 23.8. The molecule has 3 aromatic rings. The van der Waals surface area contributed by atoms with E-state index >= 15 is 0 Å². The fourth-order valence-electron chi connectivity index (χ4n) is 4.38. The summed E-state index contributed by atoms with van der Waals surface area (Å²) in [7, 11) is 1.33. The normalized spacial score (nSPS) is 19.8. The minimum Gasteiger partial charge on any atom is -0.492 e. The van der Waals surface area contributed by atoms with Gasteiger partial charge in [0.15, 0.2) is 0 Å². The van der Waals surface area contributed by atoms with E-state index in [-0.39, 0.29) is 23.0 Å². The van der Waals surface area contributed by atoms with E-state index in [2.05, 4.69) is 9.97 Å². The van der Waals surface area contributed by atoms with Crippen LogP contribution in [0.15, 0.2) is 23.1 Å². The van der Waals surface area contributed by atoms with Gasteiger partial charge in [-0.05, 0) is 25.3 Å². The lowest BCUT2D eigenvalue weighted by Gasteiger charge is -2.21. The molecule has 5 rings (SSSR count). The molecule has 164 valence electrons. The first kappa shape index (κ1) is 20.0. The zero-order valence-corrected chi connectivity index (χ0v) is 17.4. The number of benzene rings is 1. The Labute approximate surface area is 178 Å². The summed E-state index contributed by atoms with van der Waals surface area (Å²) in [6.45, 7) is 3.16. The maximum Gasteiger partial charge on any atom is 0.341 e. The summed E-state index contributed by atoms with van der Waals surface area (Å²) in [5.41, 5.74) is 1.75. The summed E-state index contributed by atoms with van der Waals surface area (Å²) in [4.78, 5) is 32.6. The van der Waals surface area contributed by atoms with E-state index in [0.717, 1.165) is 37.2 Å². The number of carbonyl (C=O) groups excluding carboxylic acids is 1. The summed E-state index contributed by atoms with van der Waals surface area (Å²) in [6.07, 6.45) is 4.22. The number of aromatic amines is 1. The number of rotatable bonds is 5. The third kappa shape index (κ3) is 3.68. The van der Waals surface area contributed by atoms with Crippen LogP contribution in [0.5, 0.6) is 5.75 Å². The summed E-state index contributed by atoms with van der Waals surface area (Å²) in [6, 6.07) is 3.42. The maximum absolute atomic E-state index is 12.7. The Balaban J connectivity index is 1.66. The van der Waals surface area contributed by atoms with Crippen molar-refractivity contribution in [3.8, 4) is 5.75 Å². The van der Waals surface area contributed by atoms with Crippen LogP contribution in [-0.4, -0.2) is 60.5 Å². The number of imidazole rings is 1. The molecule has 1 aromatic carbocycles. The molecule has 0 aliphatic carbocycles. The van der Waals surface area contributed by atoms with Gasteiger partial charge in [0.2, 0.25) is 0 Å². The molecule has 4 heterocycles. The molecule has 2 aromatic heterocycles. The summed E-state index contributed by atoms with van der Waals surface area (Å²) in [5, 5.41) is 0. The lowest BCUT2D eigenvalue weighted by Crippen LogP contribution is -2.19. The molecule has 0 radical (unpaired) electrons. The zero-order valence-electron chi connectivity index (χ0n) is 17.4. The first-order valence-corrected chi connectivity index (χ1v) is 10.6. The summed E-state index contributed by atoms with van der Waals surface area (Å²) >= 11 is 0. The SMILES string of the molecule is COC(=O)c1cc2[nH]c(=O)c3cnc(C4CCOCC4)n3c2cc1OCC1CCOC1. The van der Waals surface area contributed by atoms with E-state index in [0.29, 0.717) is 43.2 Å². The standard InChI is InChI=1S/C22H25N3O6/c1-28-22(27)15-8-16-17(9-19(15)31-12-13-2-5-30-11-13)25-18(21(26)24-16)10-23-20(25)14-3-6-29-7-4-14/h8-10,13-14H,2-7,11-12H2,1H3,(H,24,26). The predicted octanol–water partition coefficient (Wildman–Crippen LogP) is 2.27. The highest BCUT2D eigenvalue weighted by molar-refractivity contribution is 5.97. The van der Waals surface area contributed by atoms with Crippen LogP contribution in [0.4, 0.5) is 0 Å². The first-order valence-electron chi connectivity index (χ1n) is 10.6. The number of H-pyrrole nitrogens is 1. The van der Waals surface area contributed by atoms with Gasteiger partial charge in [0.25, 0.3) is 5.56 Å². The molecule has 2 aliphatic heterocycles. The Morgan fingerprint density at radius 2 is 2.00 bits per heavy atom. The number of methoxy groups -OCH3 is 1. The molecule has 31 heavy (non-hydrogen) atoms. The highest BCUT2D eigenvalue weighted by Crippen LogP contribution is 2.31. The van der Waals surface area contributed by atoms with Crippen LogP contribution in [0.2, 0.25) is 0 Å². The van der Waals surface area contributed by atoms with Crippen LogP contribution in [0.3, 0.4) is 0 Å². The Hall–Kier alpha value is -2.91. The molecular formula is C22H25N3O6. The van der Waals surface area contributed by atoms with Gasteiger partial charge in [0.05, 0.1) is 37.6 Å². The lowest BCUT2D eigenvalue weighted by atomic mass is 9.99. The van der Waals surface area contributed by atoms with Crippen LogP contribution >= 0.6 is 0 Å². The smallest absolute Gasteiger partial charge is 0.341 e. The highest BCUT2D eigenvalue weighted by Gasteiger charge is 2.25. The average Bonchev–Trinajstić information content (AvgIpc) is 3.48. The fourth-order valence-corrected chi connectivity index (χ4v) is 4.38. The van der Waals surface area contributed by atoms with E-state index in [9.17, 15) is 9.59 Å². The quantitative estimate of drug-likeness (QED) is 0.623. The molecule has 2 saturated heterocycles. The van der Waals surface area contributed by atoms with Gasteiger partial charge in [-0.15, -0.1) is 0 Å². The summed E-state index contributed by atoms with van der Waals surface area (Å²) in [5.74, 6) is 1.21.